The summed E-state index contributed by atoms with van der Waals surface area (Å²) in [6.45, 7) is 0. The Hall–Kier alpha value is -2.15. The molecule has 0 aliphatic heterocycles. The van der Waals surface area contributed by atoms with Crippen molar-refractivity contribution >= 4 is 0 Å². The van der Waals surface area contributed by atoms with Gasteiger partial charge in [-0.25, -0.2) is 9.07 Å². The topological polar surface area (TPSA) is 41.6 Å². The van der Waals surface area contributed by atoms with Gasteiger partial charge in [-0.1, -0.05) is 12.1 Å². The summed E-state index contributed by atoms with van der Waals surface area (Å²) in [5.74, 6) is -0.361. The molecule has 2 aromatic rings. The Morgan fingerprint density at radius 1 is 1.36 bits per heavy atom. The molecule has 0 spiro atoms. The zero-order valence-electron chi connectivity index (χ0n) is 7.18. The lowest BCUT2D eigenvalue weighted by Gasteiger charge is -2.00. The summed E-state index contributed by atoms with van der Waals surface area (Å²) in [4.78, 5) is 0. The fourth-order valence-corrected chi connectivity index (χ4v) is 1.15. The quantitative estimate of drug-likeness (QED) is 0.684. The number of rotatable bonds is 1. The Kier molecular flexibility index (Phi) is 1.99. The monoisotopic (exact) mass is 187 g/mol. The molecule has 0 fully saturated rings. The van der Waals surface area contributed by atoms with Crippen LogP contribution in [0, 0.1) is 17.1 Å². The Labute approximate surface area is 80.0 Å². The molecule has 1 aromatic heterocycles. The average molecular weight is 187 g/mol. The molecule has 14 heavy (non-hydrogen) atoms. The summed E-state index contributed by atoms with van der Waals surface area (Å²) < 4.78 is 14.6. The van der Waals surface area contributed by atoms with Crippen LogP contribution in [0.3, 0.4) is 0 Å². The minimum absolute atomic E-state index is 0.342. The molecule has 68 valence electrons. The van der Waals surface area contributed by atoms with Crippen molar-refractivity contribution in [3.8, 4) is 11.8 Å². The van der Waals surface area contributed by atoms with E-state index < -0.39 is 0 Å². The van der Waals surface area contributed by atoms with Gasteiger partial charge in [-0.2, -0.15) is 10.4 Å². The van der Waals surface area contributed by atoms with Gasteiger partial charge in [0, 0.05) is 6.20 Å². The van der Waals surface area contributed by atoms with Gasteiger partial charge in [-0.05, 0) is 12.1 Å². The third-order valence-corrected chi connectivity index (χ3v) is 1.81. The zero-order valence-corrected chi connectivity index (χ0v) is 7.18. The number of hydrogen-bond donors (Lipinski definition) is 0. The molecule has 4 heteroatoms. The van der Waals surface area contributed by atoms with Gasteiger partial charge < -0.3 is 0 Å². The molecular formula is C10H6FN3. The van der Waals surface area contributed by atoms with Gasteiger partial charge >= 0.3 is 0 Å². The smallest absolute Gasteiger partial charge is 0.148 e. The lowest BCUT2D eigenvalue weighted by Crippen LogP contribution is -1.96. The molecular weight excluding hydrogens is 181 g/mol. The fourth-order valence-electron chi connectivity index (χ4n) is 1.15. The molecule has 3 nitrogen and oxygen atoms in total. The Bertz CT molecular complexity index is 496. The molecule has 0 atom stereocenters. The van der Waals surface area contributed by atoms with E-state index in [2.05, 4.69) is 5.10 Å². The van der Waals surface area contributed by atoms with Crippen molar-refractivity contribution in [2.75, 3.05) is 0 Å². The third-order valence-electron chi connectivity index (χ3n) is 1.81. The summed E-state index contributed by atoms with van der Waals surface area (Å²) in [6.07, 6.45) is 2.88. The molecule has 2 rings (SSSR count). The lowest BCUT2D eigenvalue weighted by molar-refractivity contribution is 0.611. The van der Waals surface area contributed by atoms with E-state index in [9.17, 15) is 4.39 Å². The van der Waals surface area contributed by atoms with E-state index in [-0.39, 0.29) is 5.82 Å². The van der Waals surface area contributed by atoms with Crippen molar-refractivity contribution in [3.63, 3.8) is 0 Å². The van der Waals surface area contributed by atoms with Crippen LogP contribution >= 0.6 is 0 Å². The van der Waals surface area contributed by atoms with Gasteiger partial charge in [0.2, 0.25) is 0 Å². The largest absolute Gasteiger partial charge is 0.237 e. The molecule has 0 unspecified atom stereocenters. The Morgan fingerprint density at radius 2 is 2.14 bits per heavy atom. The van der Waals surface area contributed by atoms with Gasteiger partial charge in [0.15, 0.2) is 0 Å². The second-order valence-corrected chi connectivity index (χ2v) is 2.74. The van der Waals surface area contributed by atoms with Gasteiger partial charge in [0.25, 0.3) is 0 Å². The van der Waals surface area contributed by atoms with Crippen LogP contribution in [0.1, 0.15) is 5.56 Å². The van der Waals surface area contributed by atoms with Crippen LogP contribution < -0.4 is 0 Å². The minimum atomic E-state index is -0.361. The second kappa shape index (κ2) is 3.30. The van der Waals surface area contributed by atoms with Crippen LogP contribution in [-0.2, 0) is 0 Å². The van der Waals surface area contributed by atoms with Crippen molar-refractivity contribution in [1.82, 2.24) is 9.78 Å². The minimum Gasteiger partial charge on any atom is -0.237 e. The number of nitriles is 1. The summed E-state index contributed by atoms with van der Waals surface area (Å²) in [6, 6.07) is 8.20. The first-order valence-electron chi connectivity index (χ1n) is 4.01. The van der Waals surface area contributed by atoms with E-state index in [0.717, 1.165) is 0 Å². The predicted molar refractivity (Wildman–Crippen MR) is 48.2 cm³/mol. The predicted octanol–water partition coefficient (Wildman–Crippen LogP) is 1.88. The van der Waals surface area contributed by atoms with Crippen molar-refractivity contribution in [2.24, 2.45) is 0 Å². The fraction of sp³-hybridized carbons (Fsp3) is 0. The summed E-state index contributed by atoms with van der Waals surface area (Å²) in [5, 5.41) is 12.4. The Balaban J connectivity index is 2.51. The molecule has 0 bridgehead atoms. The molecule has 1 heterocycles. The molecule has 0 saturated heterocycles. The molecule has 0 radical (unpaired) electrons. The number of halogens is 1. The van der Waals surface area contributed by atoms with Crippen LogP contribution in [-0.4, -0.2) is 9.78 Å². The molecule has 0 saturated carbocycles. The highest BCUT2D eigenvalue weighted by Crippen LogP contribution is 2.11. The molecule has 1 aromatic carbocycles. The van der Waals surface area contributed by atoms with Crippen LogP contribution in [0.2, 0.25) is 0 Å². The van der Waals surface area contributed by atoms with Crippen LogP contribution in [0.4, 0.5) is 4.39 Å². The van der Waals surface area contributed by atoms with Gasteiger partial charge in [0.1, 0.15) is 17.6 Å². The summed E-state index contributed by atoms with van der Waals surface area (Å²) >= 11 is 0. The summed E-state index contributed by atoms with van der Waals surface area (Å²) in [7, 11) is 0. The highest BCUT2D eigenvalue weighted by atomic mass is 19.1. The van der Waals surface area contributed by atoms with E-state index in [0.29, 0.717) is 11.3 Å². The number of hydrogen-bond acceptors (Lipinski definition) is 2. The maximum Gasteiger partial charge on any atom is 0.148 e. The van der Waals surface area contributed by atoms with E-state index in [4.69, 9.17) is 5.26 Å². The van der Waals surface area contributed by atoms with Crippen molar-refractivity contribution < 1.29 is 4.39 Å². The number of benzene rings is 1. The van der Waals surface area contributed by atoms with Crippen molar-refractivity contribution in [3.05, 3.63) is 48.0 Å². The first-order chi connectivity index (χ1) is 6.81. The van der Waals surface area contributed by atoms with Gasteiger partial charge in [-0.3, -0.25) is 0 Å². The molecule has 0 amide bonds. The lowest BCUT2D eigenvalue weighted by atomic mass is 10.3. The van der Waals surface area contributed by atoms with E-state index >= 15 is 0 Å². The maximum atomic E-state index is 13.2. The van der Waals surface area contributed by atoms with Crippen LogP contribution in [0.5, 0.6) is 0 Å². The maximum absolute atomic E-state index is 13.2. The molecule has 0 aliphatic rings. The Morgan fingerprint density at radius 3 is 2.79 bits per heavy atom. The van der Waals surface area contributed by atoms with E-state index in [1.165, 1.54) is 23.1 Å². The molecule has 0 aliphatic carbocycles. The van der Waals surface area contributed by atoms with Crippen molar-refractivity contribution in [1.29, 1.82) is 5.26 Å². The zero-order chi connectivity index (χ0) is 9.97. The summed E-state index contributed by atoms with van der Waals surface area (Å²) in [5.41, 5.74) is 0.752. The normalized spacial score (nSPS) is 9.71. The van der Waals surface area contributed by atoms with E-state index in [1.807, 2.05) is 6.07 Å². The highest BCUT2D eigenvalue weighted by molar-refractivity contribution is 5.34. The SMILES string of the molecule is N#Cc1cnn(-c2ccccc2F)c1. The standard InChI is InChI=1S/C10H6FN3/c11-9-3-1-2-4-10(9)14-7-8(5-12)6-13-14/h1-4,6-7H. The van der Waals surface area contributed by atoms with Gasteiger partial charge in [0.05, 0.1) is 11.8 Å². The van der Waals surface area contributed by atoms with Crippen molar-refractivity contribution in [2.45, 2.75) is 0 Å². The number of nitrogens with zero attached hydrogens (tertiary/aromatic N) is 3. The highest BCUT2D eigenvalue weighted by Gasteiger charge is 2.04. The number of para-hydroxylation sites is 1. The molecule has 0 N–H and O–H groups in total. The number of aromatic nitrogens is 2. The first kappa shape index (κ1) is 8.45. The second-order valence-electron chi connectivity index (χ2n) is 2.74. The van der Waals surface area contributed by atoms with Gasteiger partial charge in [-0.15, -0.1) is 0 Å². The van der Waals surface area contributed by atoms with Crippen LogP contribution in [0.25, 0.3) is 5.69 Å². The van der Waals surface area contributed by atoms with E-state index in [1.54, 1.807) is 18.2 Å². The third kappa shape index (κ3) is 1.36. The average Bonchev–Trinajstić information content (AvgIpc) is 2.67. The van der Waals surface area contributed by atoms with Crippen LogP contribution in [0.15, 0.2) is 36.7 Å². The first-order valence-corrected chi connectivity index (χ1v) is 4.01.